The van der Waals surface area contributed by atoms with Crippen molar-refractivity contribution in [3.05, 3.63) is 41.7 Å². The molecule has 9 heteroatoms. The highest BCUT2D eigenvalue weighted by atomic mass is 32.2. The first-order valence-corrected chi connectivity index (χ1v) is 7.46. The van der Waals surface area contributed by atoms with Crippen LogP contribution in [0.25, 0.3) is 0 Å². The number of hydrogen-bond donors (Lipinski definition) is 2. The first-order valence-electron chi connectivity index (χ1n) is 5.97. The number of hydrogen-bond acceptors (Lipinski definition) is 5. The Morgan fingerprint density at radius 2 is 2.19 bits per heavy atom. The summed E-state index contributed by atoms with van der Waals surface area (Å²) in [5.74, 6) is -0.648. The van der Waals surface area contributed by atoms with E-state index >= 15 is 0 Å². The molecule has 2 N–H and O–H groups in total. The number of carboxylic acids is 1. The number of carbonyl (C=O) groups is 1. The molecule has 112 valence electrons. The Balaban J connectivity index is 2.19. The molecular formula is C12H14N4O4S. The maximum absolute atomic E-state index is 12.1. The molecule has 0 fully saturated rings. The second-order valence-corrected chi connectivity index (χ2v) is 6.16. The average Bonchev–Trinajstić information content (AvgIpc) is 2.80. The molecule has 8 nitrogen and oxygen atoms in total. The largest absolute Gasteiger partial charge is 0.477 e. The van der Waals surface area contributed by atoms with Crippen molar-refractivity contribution in [2.45, 2.75) is 18.4 Å². The van der Waals surface area contributed by atoms with Gasteiger partial charge in [-0.1, -0.05) is 0 Å². The minimum absolute atomic E-state index is 0.00297. The monoisotopic (exact) mass is 310 g/mol. The van der Waals surface area contributed by atoms with E-state index in [1.807, 2.05) is 0 Å². The van der Waals surface area contributed by atoms with E-state index in [2.05, 4.69) is 14.7 Å². The number of aromatic nitrogens is 3. The Bertz CT molecular complexity index is 782. The van der Waals surface area contributed by atoms with E-state index in [9.17, 15) is 13.2 Å². The molecule has 0 bridgehead atoms. The summed E-state index contributed by atoms with van der Waals surface area (Å²) in [5, 5.41) is 8.93. The first-order chi connectivity index (χ1) is 9.79. The molecule has 0 spiro atoms. The van der Waals surface area contributed by atoms with Crippen molar-refractivity contribution in [3.8, 4) is 0 Å². The number of aryl methyl sites for hydroxylation is 2. The van der Waals surface area contributed by atoms with Crippen LogP contribution in [0.1, 0.15) is 22.0 Å². The molecule has 2 aromatic heterocycles. The molecule has 2 aromatic rings. The Morgan fingerprint density at radius 3 is 2.76 bits per heavy atom. The van der Waals surface area contributed by atoms with Crippen LogP contribution in [0.5, 0.6) is 0 Å². The summed E-state index contributed by atoms with van der Waals surface area (Å²) in [6, 6.07) is 2.71. The van der Waals surface area contributed by atoms with Crippen LogP contribution in [0.2, 0.25) is 0 Å². The maximum Gasteiger partial charge on any atom is 0.352 e. The third-order valence-corrected chi connectivity index (χ3v) is 4.15. The molecule has 0 aromatic carbocycles. The van der Waals surface area contributed by atoms with Gasteiger partial charge in [0.25, 0.3) is 0 Å². The van der Waals surface area contributed by atoms with Crippen molar-refractivity contribution >= 4 is 16.0 Å². The highest BCUT2D eigenvalue weighted by Crippen LogP contribution is 2.13. The Kier molecular flexibility index (Phi) is 4.05. The predicted molar refractivity (Wildman–Crippen MR) is 73.2 cm³/mol. The molecule has 0 aliphatic carbocycles. The molecule has 0 unspecified atom stereocenters. The average molecular weight is 310 g/mol. The van der Waals surface area contributed by atoms with Gasteiger partial charge in [0.15, 0.2) is 0 Å². The van der Waals surface area contributed by atoms with Crippen LogP contribution < -0.4 is 4.72 Å². The molecule has 2 heterocycles. The Hall–Kier alpha value is -2.26. The van der Waals surface area contributed by atoms with Crippen molar-refractivity contribution in [1.29, 1.82) is 0 Å². The Morgan fingerprint density at radius 1 is 1.48 bits per heavy atom. The normalized spacial score (nSPS) is 11.5. The fourth-order valence-corrected chi connectivity index (χ4v) is 2.82. The minimum atomic E-state index is -3.80. The van der Waals surface area contributed by atoms with Gasteiger partial charge in [-0.25, -0.2) is 27.9 Å². The quantitative estimate of drug-likeness (QED) is 0.821. The lowest BCUT2D eigenvalue weighted by Gasteiger charge is -2.04. The summed E-state index contributed by atoms with van der Waals surface area (Å²) >= 11 is 0. The lowest BCUT2D eigenvalue weighted by Crippen LogP contribution is -2.23. The summed E-state index contributed by atoms with van der Waals surface area (Å²) in [5.41, 5.74) is 0.425. The van der Waals surface area contributed by atoms with E-state index in [0.29, 0.717) is 11.5 Å². The second kappa shape index (κ2) is 5.62. The van der Waals surface area contributed by atoms with Gasteiger partial charge >= 0.3 is 5.97 Å². The number of nitrogens with one attached hydrogen (secondary N) is 1. The summed E-state index contributed by atoms with van der Waals surface area (Å²) in [6.45, 7) is 1.71. The summed E-state index contributed by atoms with van der Waals surface area (Å²) in [4.78, 5) is 18.8. The highest BCUT2D eigenvalue weighted by molar-refractivity contribution is 7.89. The number of carboxylic acid groups (broad SMARTS) is 1. The third-order valence-electron chi connectivity index (χ3n) is 2.79. The van der Waals surface area contributed by atoms with E-state index in [-0.39, 0.29) is 17.1 Å². The van der Waals surface area contributed by atoms with Gasteiger partial charge in [-0.05, 0) is 19.1 Å². The van der Waals surface area contributed by atoms with Gasteiger partial charge in [0.05, 0.1) is 12.2 Å². The van der Waals surface area contributed by atoms with Gasteiger partial charge in [-0.3, -0.25) is 0 Å². The molecule has 0 atom stereocenters. The lowest BCUT2D eigenvalue weighted by atomic mass is 10.4. The van der Waals surface area contributed by atoms with Gasteiger partial charge in [0.2, 0.25) is 10.0 Å². The molecule has 0 aliphatic heterocycles. The van der Waals surface area contributed by atoms with Crippen LogP contribution in [-0.2, 0) is 23.6 Å². The van der Waals surface area contributed by atoms with Crippen LogP contribution in [-0.4, -0.2) is 34.0 Å². The molecule has 0 radical (unpaired) electrons. The summed E-state index contributed by atoms with van der Waals surface area (Å²) < 4.78 is 27.9. The molecule has 2 rings (SSSR count). The predicted octanol–water partition coefficient (Wildman–Crippen LogP) is 0.300. The van der Waals surface area contributed by atoms with Crippen LogP contribution in [0.3, 0.4) is 0 Å². The van der Waals surface area contributed by atoms with Crippen LogP contribution in [0.4, 0.5) is 0 Å². The highest BCUT2D eigenvalue weighted by Gasteiger charge is 2.20. The zero-order valence-electron chi connectivity index (χ0n) is 11.4. The Labute approximate surface area is 121 Å². The topological polar surface area (TPSA) is 114 Å². The van der Waals surface area contributed by atoms with Gasteiger partial charge in [0, 0.05) is 19.4 Å². The van der Waals surface area contributed by atoms with Crippen molar-refractivity contribution in [3.63, 3.8) is 0 Å². The van der Waals surface area contributed by atoms with E-state index in [1.54, 1.807) is 13.0 Å². The zero-order chi connectivity index (χ0) is 15.6. The molecule has 0 aliphatic rings. The van der Waals surface area contributed by atoms with E-state index in [1.165, 1.54) is 24.0 Å². The van der Waals surface area contributed by atoms with E-state index in [0.717, 1.165) is 6.07 Å². The molecule has 0 saturated heterocycles. The van der Waals surface area contributed by atoms with Crippen LogP contribution in [0.15, 0.2) is 29.4 Å². The van der Waals surface area contributed by atoms with Gasteiger partial charge in [0.1, 0.15) is 16.4 Å². The summed E-state index contributed by atoms with van der Waals surface area (Å²) in [7, 11) is -2.33. The lowest BCUT2D eigenvalue weighted by molar-refractivity contribution is 0.0686. The molecule has 0 saturated carbocycles. The van der Waals surface area contributed by atoms with Gasteiger partial charge in [-0.2, -0.15) is 0 Å². The zero-order valence-corrected chi connectivity index (χ0v) is 12.3. The van der Waals surface area contributed by atoms with E-state index < -0.39 is 16.0 Å². The van der Waals surface area contributed by atoms with Crippen molar-refractivity contribution in [1.82, 2.24) is 19.3 Å². The van der Waals surface area contributed by atoms with Crippen LogP contribution in [0, 0.1) is 6.92 Å². The smallest absolute Gasteiger partial charge is 0.352 e. The van der Waals surface area contributed by atoms with Gasteiger partial charge < -0.3 is 9.67 Å². The van der Waals surface area contributed by atoms with E-state index in [4.69, 9.17) is 5.11 Å². The first kappa shape index (κ1) is 15.1. The maximum atomic E-state index is 12.1. The fraction of sp³-hybridized carbons (Fsp3) is 0.250. The number of rotatable bonds is 5. The van der Waals surface area contributed by atoms with Crippen molar-refractivity contribution < 1.29 is 18.3 Å². The van der Waals surface area contributed by atoms with Crippen molar-refractivity contribution in [2.24, 2.45) is 7.05 Å². The fourth-order valence-electron chi connectivity index (χ4n) is 1.75. The van der Waals surface area contributed by atoms with Crippen molar-refractivity contribution in [2.75, 3.05) is 0 Å². The van der Waals surface area contributed by atoms with Crippen LogP contribution >= 0.6 is 0 Å². The number of aromatic carboxylic acids is 1. The minimum Gasteiger partial charge on any atom is -0.477 e. The van der Waals surface area contributed by atoms with Gasteiger partial charge in [-0.15, -0.1) is 0 Å². The molecule has 0 amide bonds. The third kappa shape index (κ3) is 3.44. The molecular weight excluding hydrogens is 296 g/mol. The molecule has 21 heavy (non-hydrogen) atoms. The number of sulfonamides is 1. The SMILES string of the molecule is Cc1nccc(CNS(=O)(=O)c2cc(C(=O)O)n(C)c2)n1. The standard InChI is InChI=1S/C12H14N4O4S/c1-8-13-4-3-9(15-8)6-14-21(19,20)10-5-11(12(17)18)16(2)7-10/h3-5,7,14H,6H2,1-2H3,(H,17,18). The summed E-state index contributed by atoms with van der Waals surface area (Å²) in [6.07, 6.45) is 2.79. The number of nitrogens with zero attached hydrogens (tertiary/aromatic N) is 3. The second-order valence-electron chi connectivity index (χ2n) is 4.40.